The fourth-order valence-corrected chi connectivity index (χ4v) is 1.23. The number of nitrogens with zero attached hydrogens (tertiary/aromatic N) is 1. The first kappa shape index (κ1) is 13.4. The van der Waals surface area contributed by atoms with Crippen LogP contribution < -0.4 is 4.74 Å². The van der Waals surface area contributed by atoms with Gasteiger partial charge in [0.25, 0.3) is 0 Å². The Bertz CT molecular complexity index is 354. The average molecular weight is 239 g/mol. The molecule has 0 atom stereocenters. The minimum absolute atomic E-state index is 0.119. The maximum atomic E-state index is 10.9. The second-order valence-electron chi connectivity index (χ2n) is 3.49. The monoisotopic (exact) mass is 239 g/mol. The third kappa shape index (κ3) is 4.82. The summed E-state index contributed by atoms with van der Waals surface area (Å²) in [7, 11) is 0. The van der Waals surface area contributed by atoms with Gasteiger partial charge < -0.3 is 14.6 Å². The molecule has 0 unspecified atom stereocenters. The molecule has 0 radical (unpaired) electrons. The third-order valence-electron chi connectivity index (χ3n) is 2.14. The van der Waals surface area contributed by atoms with Crippen LogP contribution >= 0.6 is 0 Å². The first-order valence-corrected chi connectivity index (χ1v) is 5.63. The summed E-state index contributed by atoms with van der Waals surface area (Å²) in [6.45, 7) is 3.58. The van der Waals surface area contributed by atoms with Crippen LogP contribution in [0.25, 0.3) is 0 Å². The highest BCUT2D eigenvalue weighted by Gasteiger charge is 2.10. The maximum absolute atomic E-state index is 10.9. The predicted molar refractivity (Wildman–Crippen MR) is 62.4 cm³/mol. The molecular weight excluding hydrogens is 222 g/mol. The molecule has 0 bridgehead atoms. The first-order chi connectivity index (χ1) is 8.25. The number of unbranched alkanes of at least 4 members (excludes halogenated alkanes) is 1. The van der Waals surface area contributed by atoms with Crippen molar-refractivity contribution < 1.29 is 19.4 Å². The summed E-state index contributed by atoms with van der Waals surface area (Å²) in [5.41, 5.74) is 0.119. The van der Waals surface area contributed by atoms with Crippen LogP contribution in [-0.4, -0.2) is 35.9 Å². The van der Waals surface area contributed by atoms with Gasteiger partial charge in [0.1, 0.15) is 12.2 Å². The molecule has 0 aromatic carbocycles. The van der Waals surface area contributed by atoms with Gasteiger partial charge in [-0.3, -0.25) is 4.98 Å². The average Bonchev–Trinajstić information content (AvgIpc) is 2.34. The molecule has 1 heterocycles. The van der Waals surface area contributed by atoms with Crippen molar-refractivity contribution in [2.24, 2.45) is 0 Å². The lowest BCUT2D eigenvalue weighted by atomic mass is 10.2. The second-order valence-corrected chi connectivity index (χ2v) is 3.49. The topological polar surface area (TPSA) is 68.7 Å². The minimum Gasteiger partial charge on any atom is -0.489 e. The van der Waals surface area contributed by atoms with E-state index >= 15 is 0 Å². The normalized spacial score (nSPS) is 10.2. The molecule has 94 valence electrons. The summed E-state index contributed by atoms with van der Waals surface area (Å²) >= 11 is 0. The van der Waals surface area contributed by atoms with Crippen molar-refractivity contribution in [3.8, 4) is 5.75 Å². The lowest BCUT2D eigenvalue weighted by Gasteiger charge is -2.08. The predicted octanol–water partition coefficient (Wildman–Crippen LogP) is 1.98. The lowest BCUT2D eigenvalue weighted by molar-refractivity contribution is 0.0684. The van der Waals surface area contributed by atoms with Crippen molar-refractivity contribution in [2.45, 2.75) is 19.8 Å². The molecule has 0 aliphatic carbocycles. The fraction of sp³-hybridized carbons (Fsp3) is 0.500. The lowest BCUT2D eigenvalue weighted by Crippen LogP contribution is -2.10. The van der Waals surface area contributed by atoms with Crippen LogP contribution in [0.4, 0.5) is 0 Å². The van der Waals surface area contributed by atoms with Gasteiger partial charge in [-0.15, -0.1) is 0 Å². The van der Waals surface area contributed by atoms with Crippen LogP contribution in [0.3, 0.4) is 0 Å². The Hall–Kier alpha value is -1.62. The van der Waals surface area contributed by atoms with Crippen LogP contribution in [0.2, 0.25) is 0 Å². The van der Waals surface area contributed by atoms with Crippen molar-refractivity contribution in [3.05, 3.63) is 24.0 Å². The van der Waals surface area contributed by atoms with Gasteiger partial charge in [-0.05, 0) is 12.5 Å². The molecule has 0 saturated carbocycles. The number of rotatable bonds is 8. The van der Waals surface area contributed by atoms with E-state index in [9.17, 15) is 4.79 Å². The Morgan fingerprint density at radius 1 is 1.41 bits per heavy atom. The zero-order valence-corrected chi connectivity index (χ0v) is 9.89. The van der Waals surface area contributed by atoms with Crippen LogP contribution in [0.1, 0.15) is 30.1 Å². The first-order valence-electron chi connectivity index (χ1n) is 5.63. The molecule has 0 saturated heterocycles. The van der Waals surface area contributed by atoms with Crippen molar-refractivity contribution in [2.75, 3.05) is 19.8 Å². The standard InChI is InChI=1S/C12H17NO4/c1-2-3-6-16-7-8-17-11-9-13-5-4-10(11)12(14)15/h4-5,9H,2-3,6-8H2,1H3,(H,14,15). The van der Waals surface area contributed by atoms with E-state index in [1.807, 2.05) is 0 Å². The van der Waals surface area contributed by atoms with E-state index in [1.165, 1.54) is 18.5 Å². The van der Waals surface area contributed by atoms with Crippen LogP contribution in [0.5, 0.6) is 5.75 Å². The molecule has 0 amide bonds. The van der Waals surface area contributed by atoms with Crippen molar-refractivity contribution in [3.63, 3.8) is 0 Å². The molecule has 5 heteroatoms. The third-order valence-corrected chi connectivity index (χ3v) is 2.14. The molecule has 17 heavy (non-hydrogen) atoms. The molecule has 1 N–H and O–H groups in total. The molecule has 0 spiro atoms. The number of ether oxygens (including phenoxy) is 2. The minimum atomic E-state index is -1.02. The van der Waals surface area contributed by atoms with E-state index < -0.39 is 5.97 Å². The quantitative estimate of drug-likeness (QED) is 0.702. The number of carboxylic acids is 1. The molecule has 0 aliphatic heterocycles. The highest BCUT2D eigenvalue weighted by atomic mass is 16.5. The highest BCUT2D eigenvalue weighted by Crippen LogP contribution is 2.15. The molecular formula is C12H17NO4. The Kier molecular flexibility index (Phi) is 6.03. The van der Waals surface area contributed by atoms with Crippen molar-refractivity contribution in [1.82, 2.24) is 4.98 Å². The zero-order chi connectivity index (χ0) is 12.5. The number of aromatic carboxylic acids is 1. The number of carbonyl (C=O) groups is 1. The van der Waals surface area contributed by atoms with E-state index in [4.69, 9.17) is 14.6 Å². The number of carboxylic acid groups (broad SMARTS) is 1. The summed E-state index contributed by atoms with van der Waals surface area (Å²) < 4.78 is 10.6. The van der Waals surface area contributed by atoms with Crippen molar-refractivity contribution >= 4 is 5.97 Å². The maximum Gasteiger partial charge on any atom is 0.339 e. The molecule has 1 rings (SSSR count). The summed E-state index contributed by atoms with van der Waals surface area (Å²) in [6.07, 6.45) is 4.93. The number of aromatic nitrogens is 1. The van der Waals surface area contributed by atoms with Crippen LogP contribution in [0.15, 0.2) is 18.5 Å². The number of hydrogen-bond donors (Lipinski definition) is 1. The largest absolute Gasteiger partial charge is 0.489 e. The number of hydrogen-bond acceptors (Lipinski definition) is 4. The van der Waals surface area contributed by atoms with Gasteiger partial charge in [0.2, 0.25) is 0 Å². The molecule has 1 aromatic heterocycles. The van der Waals surface area contributed by atoms with Gasteiger partial charge in [-0.1, -0.05) is 13.3 Å². The SMILES string of the molecule is CCCCOCCOc1cnccc1C(=O)O. The van der Waals surface area contributed by atoms with Gasteiger partial charge in [0, 0.05) is 12.8 Å². The Labute approximate surface area is 100 Å². The van der Waals surface area contributed by atoms with E-state index in [2.05, 4.69) is 11.9 Å². The highest BCUT2D eigenvalue weighted by molar-refractivity contribution is 5.90. The number of pyridine rings is 1. The smallest absolute Gasteiger partial charge is 0.339 e. The van der Waals surface area contributed by atoms with Gasteiger partial charge in [0.05, 0.1) is 12.8 Å². The van der Waals surface area contributed by atoms with Gasteiger partial charge in [-0.2, -0.15) is 0 Å². The summed E-state index contributed by atoms with van der Waals surface area (Å²) in [5, 5.41) is 8.90. The van der Waals surface area contributed by atoms with Crippen molar-refractivity contribution in [1.29, 1.82) is 0 Å². The summed E-state index contributed by atoms with van der Waals surface area (Å²) in [6, 6.07) is 1.41. The Morgan fingerprint density at radius 3 is 2.94 bits per heavy atom. The van der Waals surface area contributed by atoms with E-state index in [0.29, 0.717) is 19.8 Å². The Balaban J connectivity index is 2.34. The van der Waals surface area contributed by atoms with E-state index in [0.717, 1.165) is 12.8 Å². The second kappa shape index (κ2) is 7.62. The van der Waals surface area contributed by atoms with Gasteiger partial charge in [0.15, 0.2) is 5.75 Å². The van der Waals surface area contributed by atoms with E-state index in [-0.39, 0.29) is 11.3 Å². The van der Waals surface area contributed by atoms with Gasteiger partial charge >= 0.3 is 5.97 Å². The molecule has 1 aromatic rings. The summed E-state index contributed by atoms with van der Waals surface area (Å²) in [5.74, 6) is -0.742. The molecule has 0 fully saturated rings. The molecule has 0 aliphatic rings. The zero-order valence-electron chi connectivity index (χ0n) is 9.89. The summed E-state index contributed by atoms with van der Waals surface area (Å²) in [4.78, 5) is 14.7. The van der Waals surface area contributed by atoms with Crippen LogP contribution in [-0.2, 0) is 4.74 Å². The fourth-order valence-electron chi connectivity index (χ4n) is 1.23. The van der Waals surface area contributed by atoms with Crippen LogP contribution in [0, 0.1) is 0 Å². The molecule has 5 nitrogen and oxygen atoms in total. The Morgan fingerprint density at radius 2 is 2.24 bits per heavy atom. The van der Waals surface area contributed by atoms with E-state index in [1.54, 1.807) is 0 Å². The van der Waals surface area contributed by atoms with Gasteiger partial charge in [-0.25, -0.2) is 4.79 Å².